The summed E-state index contributed by atoms with van der Waals surface area (Å²) in [5.74, 6) is -0.128. The fourth-order valence-corrected chi connectivity index (χ4v) is 3.79. The van der Waals surface area contributed by atoms with Gasteiger partial charge >= 0.3 is 6.03 Å². The summed E-state index contributed by atoms with van der Waals surface area (Å²) < 4.78 is 0. The first-order chi connectivity index (χ1) is 12.8. The number of urea groups is 1. The van der Waals surface area contributed by atoms with Gasteiger partial charge in [0, 0.05) is 13.1 Å². The van der Waals surface area contributed by atoms with Crippen LogP contribution in [0.1, 0.15) is 63.5 Å². The minimum Gasteiger partial charge on any atom is -0.341 e. The van der Waals surface area contributed by atoms with Crippen LogP contribution < -0.4 is 5.32 Å². The monoisotopic (exact) mass is 371 g/mol. The Bertz CT molecular complexity index is 721. The Balaban J connectivity index is 1.74. The molecule has 2 aliphatic rings. The van der Waals surface area contributed by atoms with Gasteiger partial charge in [-0.1, -0.05) is 51.0 Å². The van der Waals surface area contributed by atoms with Gasteiger partial charge in [-0.05, 0) is 36.8 Å². The summed E-state index contributed by atoms with van der Waals surface area (Å²) in [6.45, 7) is 7.13. The highest BCUT2D eigenvalue weighted by Gasteiger charge is 2.49. The molecule has 1 aromatic carbocycles. The van der Waals surface area contributed by atoms with Gasteiger partial charge in [-0.25, -0.2) is 4.79 Å². The van der Waals surface area contributed by atoms with Gasteiger partial charge in [-0.3, -0.25) is 14.5 Å². The second-order valence-corrected chi connectivity index (χ2v) is 8.02. The van der Waals surface area contributed by atoms with Gasteiger partial charge in [0.2, 0.25) is 5.91 Å². The number of hydrogen-bond donors (Lipinski definition) is 1. The first kappa shape index (κ1) is 19.4. The summed E-state index contributed by atoms with van der Waals surface area (Å²) in [6.07, 6.45) is 4.20. The lowest BCUT2D eigenvalue weighted by Crippen LogP contribution is -2.44. The van der Waals surface area contributed by atoms with Crippen LogP contribution in [-0.4, -0.2) is 47.3 Å². The summed E-state index contributed by atoms with van der Waals surface area (Å²) in [7, 11) is 0. The zero-order valence-electron chi connectivity index (χ0n) is 16.5. The molecule has 1 N–H and O–H groups in total. The third-order valence-electron chi connectivity index (χ3n) is 5.68. The molecule has 0 spiro atoms. The molecule has 3 rings (SSSR count). The van der Waals surface area contributed by atoms with E-state index in [9.17, 15) is 14.4 Å². The van der Waals surface area contributed by atoms with Gasteiger partial charge in [0.1, 0.15) is 12.1 Å². The zero-order chi connectivity index (χ0) is 19.6. The number of likely N-dealkylation sites (tertiary alicyclic amines) is 1. The van der Waals surface area contributed by atoms with Crippen LogP contribution in [0.2, 0.25) is 0 Å². The maximum atomic E-state index is 13.0. The predicted molar refractivity (Wildman–Crippen MR) is 103 cm³/mol. The second-order valence-electron chi connectivity index (χ2n) is 8.02. The van der Waals surface area contributed by atoms with Crippen molar-refractivity contribution in [2.24, 2.45) is 0 Å². The predicted octanol–water partition coefficient (Wildman–Crippen LogP) is 2.98. The van der Waals surface area contributed by atoms with E-state index in [0.29, 0.717) is 19.0 Å². The molecule has 1 atom stereocenters. The van der Waals surface area contributed by atoms with Crippen LogP contribution in [0.15, 0.2) is 24.3 Å². The van der Waals surface area contributed by atoms with Gasteiger partial charge in [0.25, 0.3) is 5.91 Å². The zero-order valence-corrected chi connectivity index (χ0v) is 16.5. The lowest BCUT2D eigenvalue weighted by molar-refractivity contribution is -0.138. The van der Waals surface area contributed by atoms with E-state index in [1.165, 1.54) is 5.56 Å². The largest absolute Gasteiger partial charge is 0.341 e. The van der Waals surface area contributed by atoms with Crippen LogP contribution in [0.25, 0.3) is 0 Å². The lowest BCUT2D eigenvalue weighted by Gasteiger charge is -2.24. The van der Waals surface area contributed by atoms with Crippen LogP contribution in [0.3, 0.4) is 0 Å². The fraction of sp³-hybridized carbons (Fsp3) is 0.571. The number of hydrogen-bond acceptors (Lipinski definition) is 3. The molecule has 0 bridgehead atoms. The molecule has 6 heteroatoms. The molecule has 0 unspecified atom stereocenters. The molecule has 2 saturated heterocycles. The quantitative estimate of drug-likeness (QED) is 0.827. The smallest absolute Gasteiger partial charge is 0.325 e. The Kier molecular flexibility index (Phi) is 5.53. The molecule has 0 saturated carbocycles. The molecular weight excluding hydrogens is 342 g/mol. The molecule has 1 aromatic rings. The topological polar surface area (TPSA) is 69.7 Å². The number of nitrogens with zero attached hydrogens (tertiary/aromatic N) is 2. The molecule has 146 valence electrons. The van der Waals surface area contributed by atoms with Crippen molar-refractivity contribution in [1.82, 2.24) is 15.1 Å². The van der Waals surface area contributed by atoms with E-state index in [4.69, 9.17) is 0 Å². The fourth-order valence-electron chi connectivity index (χ4n) is 3.79. The van der Waals surface area contributed by atoms with Gasteiger partial charge in [-0.15, -0.1) is 0 Å². The molecule has 4 amide bonds. The van der Waals surface area contributed by atoms with E-state index >= 15 is 0 Å². The third-order valence-corrected chi connectivity index (χ3v) is 5.68. The average Bonchev–Trinajstić information content (AvgIpc) is 2.85. The molecule has 2 heterocycles. The molecule has 2 aliphatic heterocycles. The van der Waals surface area contributed by atoms with E-state index in [1.54, 1.807) is 11.8 Å². The van der Waals surface area contributed by atoms with E-state index in [2.05, 4.69) is 19.2 Å². The van der Waals surface area contributed by atoms with E-state index in [1.807, 2.05) is 24.3 Å². The van der Waals surface area contributed by atoms with Gasteiger partial charge in [-0.2, -0.15) is 0 Å². The number of benzene rings is 1. The number of rotatable bonds is 4. The van der Waals surface area contributed by atoms with Crippen LogP contribution in [0.4, 0.5) is 4.79 Å². The number of carbonyl (C=O) groups is 3. The summed E-state index contributed by atoms with van der Waals surface area (Å²) in [5.41, 5.74) is 0.772. The van der Waals surface area contributed by atoms with Gasteiger partial charge in [0.15, 0.2) is 0 Å². The summed E-state index contributed by atoms with van der Waals surface area (Å²) in [6, 6.07) is 7.23. The minimum atomic E-state index is -1.13. The SMILES string of the molecule is CC(C)c1ccc([C@@]2(C)NC(=O)N(CC(=O)N3CCCCCC3)C2=O)cc1. The summed E-state index contributed by atoms with van der Waals surface area (Å²) in [4.78, 5) is 40.9. The third kappa shape index (κ3) is 3.84. The van der Waals surface area contributed by atoms with Crippen molar-refractivity contribution in [2.45, 2.75) is 57.9 Å². The average molecular weight is 371 g/mol. The first-order valence-corrected chi connectivity index (χ1v) is 9.85. The van der Waals surface area contributed by atoms with Gasteiger partial charge in [0.05, 0.1) is 0 Å². The Labute approximate surface area is 160 Å². The van der Waals surface area contributed by atoms with E-state index in [0.717, 1.165) is 36.1 Å². The van der Waals surface area contributed by atoms with Crippen molar-refractivity contribution < 1.29 is 14.4 Å². The summed E-state index contributed by atoms with van der Waals surface area (Å²) in [5, 5.41) is 2.78. The van der Waals surface area contributed by atoms with Crippen molar-refractivity contribution in [3.05, 3.63) is 35.4 Å². The highest BCUT2D eigenvalue weighted by Crippen LogP contribution is 2.30. The molecule has 27 heavy (non-hydrogen) atoms. The second kappa shape index (κ2) is 7.71. The van der Waals surface area contributed by atoms with Crippen LogP contribution in [-0.2, 0) is 15.1 Å². The molecule has 0 aliphatic carbocycles. The van der Waals surface area contributed by atoms with Crippen molar-refractivity contribution in [1.29, 1.82) is 0 Å². The maximum Gasteiger partial charge on any atom is 0.325 e. The molecule has 0 aromatic heterocycles. The standard InChI is InChI=1S/C21H29N3O3/c1-15(2)16-8-10-17(11-9-16)21(3)19(26)24(20(27)22-21)14-18(25)23-12-6-4-5-7-13-23/h8-11,15H,4-7,12-14H2,1-3H3,(H,22,27)/t21-/m1/s1. The van der Waals surface area contributed by atoms with Crippen LogP contribution >= 0.6 is 0 Å². The van der Waals surface area contributed by atoms with Gasteiger partial charge < -0.3 is 10.2 Å². The van der Waals surface area contributed by atoms with E-state index in [-0.39, 0.29) is 18.4 Å². The van der Waals surface area contributed by atoms with Crippen LogP contribution in [0.5, 0.6) is 0 Å². The van der Waals surface area contributed by atoms with Crippen molar-refractivity contribution in [2.75, 3.05) is 19.6 Å². The first-order valence-electron chi connectivity index (χ1n) is 9.85. The Morgan fingerprint density at radius 3 is 2.22 bits per heavy atom. The maximum absolute atomic E-state index is 13.0. The Hall–Kier alpha value is -2.37. The molecular formula is C21H29N3O3. The highest BCUT2D eigenvalue weighted by atomic mass is 16.2. The molecule has 0 radical (unpaired) electrons. The van der Waals surface area contributed by atoms with E-state index < -0.39 is 11.6 Å². The van der Waals surface area contributed by atoms with Crippen molar-refractivity contribution in [3.63, 3.8) is 0 Å². The number of nitrogens with one attached hydrogen (secondary N) is 1. The summed E-state index contributed by atoms with van der Waals surface area (Å²) >= 11 is 0. The van der Waals surface area contributed by atoms with Crippen molar-refractivity contribution >= 4 is 17.8 Å². The molecule has 6 nitrogen and oxygen atoms in total. The van der Waals surface area contributed by atoms with Crippen LogP contribution in [0, 0.1) is 0 Å². The molecule has 2 fully saturated rings. The minimum absolute atomic E-state index is 0.153. The number of imide groups is 1. The lowest BCUT2D eigenvalue weighted by atomic mass is 9.90. The number of amides is 4. The van der Waals surface area contributed by atoms with Crippen molar-refractivity contribution in [3.8, 4) is 0 Å². The Morgan fingerprint density at radius 1 is 1.07 bits per heavy atom. The normalized spacial score (nSPS) is 23.6. The highest BCUT2D eigenvalue weighted by molar-refractivity contribution is 6.09. The Morgan fingerprint density at radius 2 is 1.67 bits per heavy atom. The number of carbonyl (C=O) groups excluding carboxylic acids is 3.